The zero-order chi connectivity index (χ0) is 9.97. The first-order valence-electron chi connectivity index (χ1n) is 4.52. The summed E-state index contributed by atoms with van der Waals surface area (Å²) in [6.07, 6.45) is 3.68. The predicted molar refractivity (Wildman–Crippen MR) is 58.5 cm³/mol. The van der Waals surface area contributed by atoms with Crippen LogP contribution in [0.1, 0.15) is 6.92 Å². The Hall–Kier alpha value is -1.42. The van der Waals surface area contributed by atoms with E-state index in [1.165, 1.54) is 0 Å². The van der Waals surface area contributed by atoms with Crippen LogP contribution in [0.25, 0.3) is 11.4 Å². The van der Waals surface area contributed by atoms with Crippen LogP contribution in [-0.4, -0.2) is 14.5 Å². The number of H-pyrrole nitrogens is 1. The molecule has 0 spiro atoms. The number of nitrogens with one attached hydrogen (secondary N) is 1. The first-order chi connectivity index (χ1) is 6.83. The molecule has 2 aromatic rings. The van der Waals surface area contributed by atoms with Gasteiger partial charge in [-0.15, -0.1) is 0 Å². The van der Waals surface area contributed by atoms with Crippen molar-refractivity contribution >= 4 is 12.2 Å². The summed E-state index contributed by atoms with van der Waals surface area (Å²) in [5, 5.41) is 0. The van der Waals surface area contributed by atoms with Crippen LogP contribution in [-0.2, 0) is 6.54 Å². The summed E-state index contributed by atoms with van der Waals surface area (Å²) < 4.78 is 2.77. The van der Waals surface area contributed by atoms with Gasteiger partial charge in [-0.1, -0.05) is 6.07 Å². The molecule has 0 aliphatic carbocycles. The van der Waals surface area contributed by atoms with Gasteiger partial charge < -0.3 is 9.55 Å². The Bertz CT molecular complexity index is 470. The van der Waals surface area contributed by atoms with Crippen LogP contribution in [0.2, 0.25) is 0 Å². The van der Waals surface area contributed by atoms with Crippen LogP contribution in [0.3, 0.4) is 0 Å². The lowest BCUT2D eigenvalue weighted by Gasteiger charge is -2.03. The molecule has 72 valence electrons. The first-order valence-corrected chi connectivity index (χ1v) is 4.93. The summed E-state index contributed by atoms with van der Waals surface area (Å²) in [6, 6.07) is 5.85. The summed E-state index contributed by atoms with van der Waals surface area (Å²) in [6.45, 7) is 2.92. The molecule has 0 unspecified atom stereocenters. The molecule has 3 nitrogen and oxygen atoms in total. The molecule has 4 heteroatoms. The number of hydrogen-bond acceptors (Lipinski definition) is 2. The molecule has 0 amide bonds. The fourth-order valence-electron chi connectivity index (χ4n) is 1.44. The van der Waals surface area contributed by atoms with Crippen LogP contribution in [0.5, 0.6) is 0 Å². The summed E-state index contributed by atoms with van der Waals surface area (Å²) >= 11 is 5.15. The van der Waals surface area contributed by atoms with E-state index >= 15 is 0 Å². The summed E-state index contributed by atoms with van der Waals surface area (Å²) in [5.41, 5.74) is 1.99. The highest BCUT2D eigenvalue weighted by Crippen LogP contribution is 2.16. The average molecular weight is 205 g/mol. The van der Waals surface area contributed by atoms with Crippen molar-refractivity contribution in [1.29, 1.82) is 0 Å². The minimum atomic E-state index is 0.744. The van der Waals surface area contributed by atoms with Crippen LogP contribution < -0.4 is 0 Å². The highest BCUT2D eigenvalue weighted by molar-refractivity contribution is 7.71. The molecule has 0 saturated heterocycles. The second-order valence-corrected chi connectivity index (χ2v) is 3.33. The van der Waals surface area contributed by atoms with Gasteiger partial charge in [0.05, 0.1) is 11.4 Å². The molecule has 0 radical (unpaired) electrons. The Labute approximate surface area is 87.4 Å². The minimum Gasteiger partial charge on any atom is -0.337 e. The van der Waals surface area contributed by atoms with Crippen molar-refractivity contribution in [2.24, 2.45) is 0 Å². The number of hydrogen-bond donors (Lipinski definition) is 1. The van der Waals surface area contributed by atoms with Gasteiger partial charge in [0.1, 0.15) is 0 Å². The number of nitrogens with zero attached hydrogens (tertiary/aromatic N) is 2. The topological polar surface area (TPSA) is 33.6 Å². The van der Waals surface area contributed by atoms with Gasteiger partial charge in [0.25, 0.3) is 0 Å². The van der Waals surface area contributed by atoms with Gasteiger partial charge in [0.2, 0.25) is 0 Å². The number of pyridine rings is 1. The van der Waals surface area contributed by atoms with Crippen LogP contribution >= 0.6 is 12.2 Å². The number of aromatic nitrogens is 3. The summed E-state index contributed by atoms with van der Waals surface area (Å²) in [7, 11) is 0. The van der Waals surface area contributed by atoms with Crippen molar-refractivity contribution in [1.82, 2.24) is 14.5 Å². The van der Waals surface area contributed by atoms with Crippen molar-refractivity contribution in [3.8, 4) is 11.4 Å². The Morgan fingerprint density at radius 1 is 1.50 bits per heavy atom. The number of imidazole rings is 1. The highest BCUT2D eigenvalue weighted by Gasteiger charge is 2.04. The Morgan fingerprint density at radius 2 is 2.36 bits per heavy atom. The summed E-state index contributed by atoms with van der Waals surface area (Å²) in [5.74, 6) is 0. The molecule has 0 aliphatic heterocycles. The largest absolute Gasteiger partial charge is 0.337 e. The number of rotatable bonds is 2. The van der Waals surface area contributed by atoms with Gasteiger partial charge in [0.15, 0.2) is 4.77 Å². The molecule has 2 rings (SSSR count). The van der Waals surface area contributed by atoms with E-state index in [0.29, 0.717) is 0 Å². The van der Waals surface area contributed by atoms with E-state index < -0.39 is 0 Å². The van der Waals surface area contributed by atoms with Crippen molar-refractivity contribution in [3.63, 3.8) is 0 Å². The number of aromatic amines is 1. The van der Waals surface area contributed by atoms with Crippen molar-refractivity contribution in [3.05, 3.63) is 35.4 Å². The first kappa shape index (κ1) is 9.15. The van der Waals surface area contributed by atoms with Gasteiger partial charge in [0, 0.05) is 18.9 Å². The monoisotopic (exact) mass is 205 g/mol. The molecule has 2 heterocycles. The maximum absolute atomic E-state index is 5.15. The van der Waals surface area contributed by atoms with Crippen molar-refractivity contribution in [2.75, 3.05) is 0 Å². The van der Waals surface area contributed by atoms with E-state index in [2.05, 4.69) is 16.9 Å². The van der Waals surface area contributed by atoms with Gasteiger partial charge in [-0.3, -0.25) is 4.98 Å². The van der Waals surface area contributed by atoms with E-state index in [4.69, 9.17) is 12.2 Å². The maximum atomic E-state index is 5.15. The van der Waals surface area contributed by atoms with E-state index in [0.717, 1.165) is 22.7 Å². The second kappa shape index (κ2) is 3.75. The normalized spacial score (nSPS) is 10.4. The lowest BCUT2D eigenvalue weighted by Crippen LogP contribution is -1.97. The molecule has 0 saturated carbocycles. The smallest absolute Gasteiger partial charge is 0.177 e. The van der Waals surface area contributed by atoms with Crippen LogP contribution in [0.15, 0.2) is 30.6 Å². The quantitative estimate of drug-likeness (QED) is 0.765. The fourth-order valence-corrected chi connectivity index (χ4v) is 1.72. The zero-order valence-electron chi connectivity index (χ0n) is 7.90. The van der Waals surface area contributed by atoms with E-state index in [-0.39, 0.29) is 0 Å². The van der Waals surface area contributed by atoms with Crippen LogP contribution in [0.4, 0.5) is 0 Å². The lowest BCUT2D eigenvalue weighted by molar-refractivity contribution is 0.754. The van der Waals surface area contributed by atoms with Crippen LogP contribution in [0, 0.1) is 4.77 Å². The lowest BCUT2D eigenvalue weighted by atomic mass is 10.3. The molecular weight excluding hydrogens is 194 g/mol. The standard InChI is InChI=1S/C10H11N3S/c1-2-13-9(7-12-10(13)14)8-5-3-4-6-11-8/h3-7H,2H2,1H3,(H,12,14). The van der Waals surface area contributed by atoms with Gasteiger partial charge >= 0.3 is 0 Å². The Morgan fingerprint density at radius 3 is 3.00 bits per heavy atom. The molecule has 1 N–H and O–H groups in total. The van der Waals surface area contributed by atoms with Crippen molar-refractivity contribution < 1.29 is 0 Å². The van der Waals surface area contributed by atoms with E-state index in [1.54, 1.807) is 6.20 Å². The third-order valence-corrected chi connectivity index (χ3v) is 2.45. The molecule has 0 aliphatic rings. The molecule has 2 aromatic heterocycles. The molecule has 0 aromatic carbocycles. The van der Waals surface area contributed by atoms with Gasteiger partial charge in [-0.05, 0) is 31.3 Å². The van der Waals surface area contributed by atoms with Crippen molar-refractivity contribution in [2.45, 2.75) is 13.5 Å². The zero-order valence-corrected chi connectivity index (χ0v) is 8.71. The Balaban J connectivity index is 2.57. The molecular formula is C10H11N3S. The van der Waals surface area contributed by atoms with Gasteiger partial charge in [-0.25, -0.2) is 0 Å². The van der Waals surface area contributed by atoms with Gasteiger partial charge in [-0.2, -0.15) is 0 Å². The average Bonchev–Trinajstić information content (AvgIpc) is 2.61. The predicted octanol–water partition coefficient (Wildman–Crippen LogP) is 2.63. The summed E-state index contributed by atoms with van der Waals surface area (Å²) in [4.78, 5) is 7.31. The third kappa shape index (κ3) is 1.48. The Kier molecular flexibility index (Phi) is 2.45. The molecule has 0 atom stereocenters. The highest BCUT2D eigenvalue weighted by atomic mass is 32.1. The third-order valence-electron chi connectivity index (χ3n) is 2.11. The SMILES string of the molecule is CCn1c(-c2ccccn2)c[nH]c1=S. The minimum absolute atomic E-state index is 0.744. The fraction of sp³-hybridized carbons (Fsp3) is 0.200. The van der Waals surface area contributed by atoms with E-state index in [1.807, 2.05) is 29.0 Å². The van der Waals surface area contributed by atoms with E-state index in [9.17, 15) is 0 Å². The molecule has 14 heavy (non-hydrogen) atoms. The molecule has 0 fully saturated rings. The molecule has 0 bridgehead atoms. The maximum Gasteiger partial charge on any atom is 0.177 e. The second-order valence-electron chi connectivity index (χ2n) is 2.94.